The SMILES string of the molecule is Cn1nccc1CC(=O)N1CCCC(c2ncc(C(F)(F)F)[nH]2)C1. The van der Waals surface area contributed by atoms with Crippen LogP contribution in [0.25, 0.3) is 0 Å². The average Bonchev–Trinajstić information content (AvgIpc) is 3.17. The first-order valence-corrected chi connectivity index (χ1v) is 7.71. The number of nitrogens with zero attached hydrogens (tertiary/aromatic N) is 4. The Morgan fingerprint density at radius 2 is 2.25 bits per heavy atom. The lowest BCUT2D eigenvalue weighted by Crippen LogP contribution is -2.40. The Morgan fingerprint density at radius 1 is 1.46 bits per heavy atom. The maximum absolute atomic E-state index is 12.7. The van der Waals surface area contributed by atoms with E-state index in [1.54, 1.807) is 28.9 Å². The molecule has 1 aliphatic rings. The van der Waals surface area contributed by atoms with Gasteiger partial charge in [-0.25, -0.2) is 4.98 Å². The number of halogens is 3. The fourth-order valence-corrected chi connectivity index (χ4v) is 2.96. The van der Waals surface area contributed by atoms with Crippen molar-refractivity contribution in [1.29, 1.82) is 0 Å². The summed E-state index contributed by atoms with van der Waals surface area (Å²) >= 11 is 0. The summed E-state index contributed by atoms with van der Waals surface area (Å²) in [7, 11) is 1.77. The molecule has 1 aliphatic heterocycles. The number of alkyl halides is 3. The van der Waals surface area contributed by atoms with Crippen LogP contribution in [0.3, 0.4) is 0 Å². The van der Waals surface area contributed by atoms with Gasteiger partial charge in [0.15, 0.2) is 0 Å². The smallest absolute Gasteiger partial charge is 0.342 e. The Bertz CT molecular complexity index is 721. The van der Waals surface area contributed by atoms with Crippen molar-refractivity contribution in [3.05, 3.63) is 35.7 Å². The summed E-state index contributed by atoms with van der Waals surface area (Å²) in [5, 5.41) is 4.03. The van der Waals surface area contributed by atoms with Gasteiger partial charge in [-0.1, -0.05) is 0 Å². The summed E-state index contributed by atoms with van der Waals surface area (Å²) in [5.41, 5.74) is -0.0460. The van der Waals surface area contributed by atoms with Gasteiger partial charge in [-0.05, 0) is 18.9 Å². The first kappa shape index (κ1) is 16.5. The molecule has 1 saturated heterocycles. The molecule has 24 heavy (non-hydrogen) atoms. The third kappa shape index (κ3) is 3.44. The van der Waals surface area contributed by atoms with E-state index in [4.69, 9.17) is 0 Å². The van der Waals surface area contributed by atoms with E-state index in [0.717, 1.165) is 18.3 Å². The molecule has 2 aromatic rings. The number of hydrogen-bond acceptors (Lipinski definition) is 3. The molecule has 3 heterocycles. The van der Waals surface area contributed by atoms with Crippen LogP contribution < -0.4 is 0 Å². The van der Waals surface area contributed by atoms with Crippen LogP contribution in [-0.2, 0) is 24.4 Å². The standard InChI is InChI=1S/C15H18F3N5O/c1-22-11(4-5-20-22)7-13(24)23-6-2-3-10(9-23)14-19-8-12(21-14)15(16,17)18/h4-5,8,10H,2-3,6-7,9H2,1H3,(H,19,21). The molecule has 9 heteroatoms. The highest BCUT2D eigenvalue weighted by molar-refractivity contribution is 5.78. The van der Waals surface area contributed by atoms with Crippen molar-refractivity contribution in [2.24, 2.45) is 7.05 Å². The van der Waals surface area contributed by atoms with Gasteiger partial charge < -0.3 is 9.88 Å². The minimum Gasteiger partial charge on any atom is -0.342 e. The van der Waals surface area contributed by atoms with Crippen LogP contribution in [0.15, 0.2) is 18.5 Å². The lowest BCUT2D eigenvalue weighted by Gasteiger charge is -2.32. The number of nitrogens with one attached hydrogen (secondary N) is 1. The van der Waals surface area contributed by atoms with Crippen LogP contribution in [0.2, 0.25) is 0 Å². The Labute approximate surface area is 136 Å². The number of aromatic nitrogens is 4. The molecular weight excluding hydrogens is 323 g/mol. The van der Waals surface area contributed by atoms with E-state index in [1.807, 2.05) is 0 Å². The maximum atomic E-state index is 12.7. The van der Waals surface area contributed by atoms with Crippen LogP contribution in [-0.4, -0.2) is 43.6 Å². The van der Waals surface area contributed by atoms with Crippen molar-refractivity contribution in [2.45, 2.75) is 31.4 Å². The first-order valence-electron chi connectivity index (χ1n) is 7.71. The summed E-state index contributed by atoms with van der Waals surface area (Å²) in [4.78, 5) is 20.3. The third-order valence-electron chi connectivity index (χ3n) is 4.32. The molecule has 2 aromatic heterocycles. The molecule has 1 amide bonds. The molecule has 0 spiro atoms. The van der Waals surface area contributed by atoms with Crippen LogP contribution in [0.4, 0.5) is 13.2 Å². The molecule has 6 nitrogen and oxygen atoms in total. The average molecular weight is 341 g/mol. The monoisotopic (exact) mass is 341 g/mol. The van der Waals surface area contributed by atoms with E-state index in [1.165, 1.54) is 0 Å². The molecule has 0 saturated carbocycles. The number of aryl methyl sites for hydroxylation is 1. The number of rotatable bonds is 3. The molecule has 0 aliphatic carbocycles. The lowest BCUT2D eigenvalue weighted by molar-refractivity contribution is -0.141. The quantitative estimate of drug-likeness (QED) is 0.930. The number of carbonyl (C=O) groups is 1. The molecule has 1 fully saturated rings. The zero-order valence-electron chi connectivity index (χ0n) is 13.2. The highest BCUT2D eigenvalue weighted by Crippen LogP contribution is 2.31. The van der Waals surface area contributed by atoms with Gasteiger partial charge in [0.2, 0.25) is 5.91 Å². The second-order valence-electron chi connectivity index (χ2n) is 5.98. The van der Waals surface area contributed by atoms with E-state index in [-0.39, 0.29) is 18.2 Å². The Kier molecular flexibility index (Phi) is 4.33. The summed E-state index contributed by atoms with van der Waals surface area (Å²) in [6.07, 6.45) is -0.316. The van der Waals surface area contributed by atoms with Crippen molar-refractivity contribution >= 4 is 5.91 Å². The number of aromatic amines is 1. The topological polar surface area (TPSA) is 66.8 Å². The second kappa shape index (κ2) is 6.29. The number of H-pyrrole nitrogens is 1. The Morgan fingerprint density at radius 3 is 2.88 bits per heavy atom. The number of amides is 1. The van der Waals surface area contributed by atoms with Crippen molar-refractivity contribution in [1.82, 2.24) is 24.6 Å². The number of likely N-dealkylation sites (tertiary alicyclic amines) is 1. The van der Waals surface area contributed by atoms with E-state index >= 15 is 0 Å². The number of piperidine rings is 1. The fourth-order valence-electron chi connectivity index (χ4n) is 2.96. The minimum absolute atomic E-state index is 0.0501. The van der Waals surface area contributed by atoms with Crippen molar-refractivity contribution in [3.8, 4) is 0 Å². The highest BCUT2D eigenvalue weighted by atomic mass is 19.4. The van der Waals surface area contributed by atoms with Gasteiger partial charge in [0, 0.05) is 37.9 Å². The summed E-state index contributed by atoms with van der Waals surface area (Å²) < 4.78 is 39.7. The molecule has 1 atom stereocenters. The zero-order valence-corrected chi connectivity index (χ0v) is 13.2. The number of imidazole rings is 1. The van der Waals surface area contributed by atoms with Gasteiger partial charge in [-0.3, -0.25) is 9.48 Å². The van der Waals surface area contributed by atoms with Crippen LogP contribution in [0.1, 0.15) is 36.0 Å². The van der Waals surface area contributed by atoms with E-state index in [2.05, 4.69) is 15.1 Å². The van der Waals surface area contributed by atoms with E-state index in [9.17, 15) is 18.0 Å². The van der Waals surface area contributed by atoms with E-state index < -0.39 is 11.9 Å². The first-order chi connectivity index (χ1) is 11.3. The highest BCUT2D eigenvalue weighted by Gasteiger charge is 2.34. The number of hydrogen-bond donors (Lipinski definition) is 1. The van der Waals surface area contributed by atoms with Gasteiger partial charge in [0.05, 0.1) is 12.6 Å². The van der Waals surface area contributed by atoms with Gasteiger partial charge in [-0.15, -0.1) is 0 Å². The molecule has 0 radical (unpaired) electrons. The van der Waals surface area contributed by atoms with Crippen LogP contribution >= 0.6 is 0 Å². The largest absolute Gasteiger partial charge is 0.432 e. The number of carbonyl (C=O) groups excluding carboxylic acids is 1. The zero-order chi connectivity index (χ0) is 17.3. The van der Waals surface area contributed by atoms with E-state index in [0.29, 0.717) is 25.3 Å². The Balaban J connectivity index is 1.67. The fraction of sp³-hybridized carbons (Fsp3) is 0.533. The summed E-state index contributed by atoms with van der Waals surface area (Å²) in [5.74, 6) is 0.0385. The normalized spacial score (nSPS) is 18.8. The molecular formula is C15H18F3N5O. The van der Waals surface area contributed by atoms with Crippen molar-refractivity contribution in [3.63, 3.8) is 0 Å². The summed E-state index contributed by atoms with van der Waals surface area (Å²) in [6.45, 7) is 0.988. The Hall–Kier alpha value is -2.32. The molecule has 0 bridgehead atoms. The van der Waals surface area contributed by atoms with Gasteiger partial charge >= 0.3 is 6.18 Å². The predicted molar refractivity (Wildman–Crippen MR) is 79.1 cm³/mol. The maximum Gasteiger partial charge on any atom is 0.432 e. The molecule has 1 unspecified atom stereocenters. The van der Waals surface area contributed by atoms with Gasteiger partial charge in [-0.2, -0.15) is 18.3 Å². The lowest BCUT2D eigenvalue weighted by atomic mass is 9.97. The molecule has 130 valence electrons. The third-order valence-corrected chi connectivity index (χ3v) is 4.32. The van der Waals surface area contributed by atoms with Gasteiger partial charge in [0.1, 0.15) is 11.5 Å². The summed E-state index contributed by atoms with van der Waals surface area (Å²) in [6, 6.07) is 1.78. The predicted octanol–water partition coefficient (Wildman–Crippen LogP) is 2.11. The van der Waals surface area contributed by atoms with Gasteiger partial charge in [0.25, 0.3) is 0 Å². The minimum atomic E-state index is -4.44. The van der Waals surface area contributed by atoms with Crippen molar-refractivity contribution < 1.29 is 18.0 Å². The molecule has 3 rings (SSSR count). The molecule has 1 N–H and O–H groups in total. The van der Waals surface area contributed by atoms with Crippen LogP contribution in [0, 0.1) is 0 Å². The van der Waals surface area contributed by atoms with Crippen LogP contribution in [0.5, 0.6) is 0 Å². The molecule has 0 aromatic carbocycles. The van der Waals surface area contributed by atoms with Crippen molar-refractivity contribution in [2.75, 3.05) is 13.1 Å². The second-order valence-corrected chi connectivity index (χ2v) is 5.98.